The number of hydrogen-bond acceptors (Lipinski definition) is 3. The number of hydrogen-bond donors (Lipinski definition) is 3. The van der Waals surface area contributed by atoms with Crippen LogP contribution < -0.4 is 16.0 Å². The van der Waals surface area contributed by atoms with E-state index in [1.54, 1.807) is 0 Å². The lowest BCUT2D eigenvalue weighted by atomic mass is 9.96. The van der Waals surface area contributed by atoms with Crippen LogP contribution >= 0.6 is 0 Å². The van der Waals surface area contributed by atoms with E-state index in [9.17, 15) is 0 Å². The van der Waals surface area contributed by atoms with E-state index in [-0.39, 0.29) is 5.66 Å². The van der Waals surface area contributed by atoms with Crippen molar-refractivity contribution in [3.05, 3.63) is 0 Å². The topological polar surface area (TPSA) is 36.1 Å². The van der Waals surface area contributed by atoms with Crippen LogP contribution in [0.15, 0.2) is 0 Å². The van der Waals surface area contributed by atoms with Gasteiger partial charge in [-0.15, -0.1) is 0 Å². The Labute approximate surface area is 82.7 Å². The zero-order chi connectivity index (χ0) is 10.3. The van der Waals surface area contributed by atoms with E-state index in [2.05, 4.69) is 29.8 Å². The first-order chi connectivity index (χ1) is 6.17. The molecule has 0 aromatic carbocycles. The number of nitrogens with one attached hydrogen (secondary N) is 3. The fourth-order valence-electron chi connectivity index (χ4n) is 1.70. The van der Waals surface area contributed by atoms with Crippen molar-refractivity contribution in [2.45, 2.75) is 44.8 Å². The molecule has 0 aromatic rings. The van der Waals surface area contributed by atoms with E-state index in [0.717, 1.165) is 12.8 Å². The van der Waals surface area contributed by atoms with E-state index in [1.165, 1.54) is 6.42 Å². The normalized spacial score (nSPS) is 14.5. The second-order valence-electron chi connectivity index (χ2n) is 3.53. The summed E-state index contributed by atoms with van der Waals surface area (Å²) in [4.78, 5) is 0. The zero-order valence-electron chi connectivity index (χ0n) is 9.70. The second kappa shape index (κ2) is 6.35. The summed E-state index contributed by atoms with van der Waals surface area (Å²) < 4.78 is 0. The summed E-state index contributed by atoms with van der Waals surface area (Å²) in [6, 6.07) is 0.583. The molecule has 0 radical (unpaired) electrons. The molecule has 0 heterocycles. The van der Waals surface area contributed by atoms with Crippen molar-refractivity contribution in [1.29, 1.82) is 0 Å². The van der Waals surface area contributed by atoms with E-state index in [4.69, 9.17) is 0 Å². The highest BCUT2D eigenvalue weighted by molar-refractivity contribution is 4.85. The lowest BCUT2D eigenvalue weighted by Gasteiger charge is -2.35. The van der Waals surface area contributed by atoms with Gasteiger partial charge < -0.3 is 16.0 Å². The minimum atomic E-state index is 0.0870. The van der Waals surface area contributed by atoms with Crippen LogP contribution in [-0.4, -0.2) is 32.8 Å². The predicted molar refractivity (Wildman–Crippen MR) is 58.9 cm³/mol. The molecule has 0 aliphatic heterocycles. The van der Waals surface area contributed by atoms with Crippen molar-refractivity contribution < 1.29 is 0 Å². The molecule has 0 spiro atoms. The Morgan fingerprint density at radius 3 is 1.85 bits per heavy atom. The van der Waals surface area contributed by atoms with Gasteiger partial charge in [0.1, 0.15) is 0 Å². The van der Waals surface area contributed by atoms with Crippen molar-refractivity contribution in [2.75, 3.05) is 21.1 Å². The summed E-state index contributed by atoms with van der Waals surface area (Å²) in [7, 11) is 6.06. The first kappa shape index (κ1) is 12.9. The predicted octanol–water partition coefficient (Wildman–Crippen LogP) is 0.920. The summed E-state index contributed by atoms with van der Waals surface area (Å²) in [5.74, 6) is 0. The second-order valence-corrected chi connectivity index (χ2v) is 3.53. The fourth-order valence-corrected chi connectivity index (χ4v) is 1.70. The van der Waals surface area contributed by atoms with Gasteiger partial charge in [-0.2, -0.15) is 0 Å². The highest BCUT2D eigenvalue weighted by atomic mass is 15.2. The minimum Gasteiger partial charge on any atom is -0.317 e. The largest absolute Gasteiger partial charge is 0.317 e. The average Bonchev–Trinajstić information content (AvgIpc) is 2.21. The molecule has 0 saturated heterocycles. The molecule has 13 heavy (non-hydrogen) atoms. The summed E-state index contributed by atoms with van der Waals surface area (Å²) in [6.07, 6.45) is 3.38. The van der Waals surface area contributed by atoms with Crippen molar-refractivity contribution >= 4 is 0 Å². The van der Waals surface area contributed by atoms with Crippen LogP contribution in [0.2, 0.25) is 0 Å². The molecule has 1 atom stereocenters. The third-order valence-electron chi connectivity index (χ3n) is 3.06. The van der Waals surface area contributed by atoms with Crippen molar-refractivity contribution in [3.8, 4) is 0 Å². The Bertz CT molecular complexity index is 109. The molecular formula is C10H25N3. The van der Waals surface area contributed by atoms with Crippen molar-refractivity contribution in [2.24, 2.45) is 0 Å². The average molecular weight is 187 g/mol. The highest BCUT2D eigenvalue weighted by Crippen LogP contribution is 2.14. The molecule has 0 fully saturated rings. The molecule has 0 bridgehead atoms. The van der Waals surface area contributed by atoms with Crippen LogP contribution in [0.25, 0.3) is 0 Å². The van der Waals surface area contributed by atoms with Crippen LogP contribution in [0.4, 0.5) is 0 Å². The SMILES string of the molecule is CCC(CC(CC)(NC)NC)NC. The van der Waals surface area contributed by atoms with Crippen molar-refractivity contribution in [1.82, 2.24) is 16.0 Å². The van der Waals surface area contributed by atoms with Crippen LogP contribution in [0.3, 0.4) is 0 Å². The van der Waals surface area contributed by atoms with E-state index >= 15 is 0 Å². The Kier molecular flexibility index (Phi) is 6.29. The maximum absolute atomic E-state index is 3.36. The molecule has 80 valence electrons. The lowest BCUT2D eigenvalue weighted by Crippen LogP contribution is -2.56. The summed E-state index contributed by atoms with van der Waals surface area (Å²) in [6.45, 7) is 4.42. The smallest absolute Gasteiger partial charge is 0.0694 e. The van der Waals surface area contributed by atoms with E-state index in [1.807, 2.05) is 21.1 Å². The van der Waals surface area contributed by atoms with Gasteiger partial charge in [-0.25, -0.2) is 0 Å². The molecule has 0 aliphatic carbocycles. The van der Waals surface area contributed by atoms with Crippen LogP contribution in [0, 0.1) is 0 Å². The summed E-state index contributed by atoms with van der Waals surface area (Å²) >= 11 is 0. The monoisotopic (exact) mass is 187 g/mol. The van der Waals surface area contributed by atoms with Gasteiger partial charge in [0.15, 0.2) is 0 Å². The van der Waals surface area contributed by atoms with Gasteiger partial charge in [0.05, 0.1) is 5.66 Å². The highest BCUT2D eigenvalue weighted by Gasteiger charge is 2.26. The van der Waals surface area contributed by atoms with Gasteiger partial charge in [0, 0.05) is 6.04 Å². The molecule has 3 nitrogen and oxygen atoms in total. The van der Waals surface area contributed by atoms with Gasteiger partial charge in [-0.05, 0) is 40.4 Å². The molecule has 0 saturated carbocycles. The third kappa shape index (κ3) is 3.63. The van der Waals surface area contributed by atoms with Crippen LogP contribution in [0.1, 0.15) is 33.1 Å². The molecule has 1 unspecified atom stereocenters. The Morgan fingerprint density at radius 1 is 1.08 bits per heavy atom. The first-order valence-electron chi connectivity index (χ1n) is 5.23. The zero-order valence-corrected chi connectivity index (χ0v) is 9.70. The maximum Gasteiger partial charge on any atom is 0.0694 e. The van der Waals surface area contributed by atoms with Gasteiger partial charge in [-0.3, -0.25) is 0 Å². The lowest BCUT2D eigenvalue weighted by molar-refractivity contribution is 0.231. The fraction of sp³-hybridized carbons (Fsp3) is 1.00. The summed E-state index contributed by atoms with van der Waals surface area (Å²) in [5.41, 5.74) is 0.0870. The Hall–Kier alpha value is -0.120. The van der Waals surface area contributed by atoms with Crippen LogP contribution in [0.5, 0.6) is 0 Å². The van der Waals surface area contributed by atoms with Gasteiger partial charge in [-0.1, -0.05) is 13.8 Å². The standard InChI is InChI=1S/C10H25N3/c1-6-9(11-3)8-10(7-2,12-4)13-5/h9,11-13H,6-8H2,1-5H3. The molecule has 0 amide bonds. The number of rotatable bonds is 7. The molecule has 0 rings (SSSR count). The van der Waals surface area contributed by atoms with E-state index in [0.29, 0.717) is 6.04 Å². The van der Waals surface area contributed by atoms with Crippen molar-refractivity contribution in [3.63, 3.8) is 0 Å². The molecule has 0 aliphatic rings. The molecule has 3 N–H and O–H groups in total. The van der Waals surface area contributed by atoms with E-state index < -0.39 is 0 Å². The van der Waals surface area contributed by atoms with Crippen LogP contribution in [-0.2, 0) is 0 Å². The summed E-state index contributed by atoms with van der Waals surface area (Å²) in [5, 5.41) is 10.1. The Morgan fingerprint density at radius 2 is 1.62 bits per heavy atom. The molecule has 3 heteroatoms. The Balaban J connectivity index is 4.21. The van der Waals surface area contributed by atoms with Gasteiger partial charge >= 0.3 is 0 Å². The minimum absolute atomic E-state index is 0.0870. The maximum atomic E-state index is 3.36. The van der Waals surface area contributed by atoms with Gasteiger partial charge in [0.25, 0.3) is 0 Å². The molecular weight excluding hydrogens is 162 g/mol. The van der Waals surface area contributed by atoms with Gasteiger partial charge in [0.2, 0.25) is 0 Å². The molecule has 0 aromatic heterocycles. The quantitative estimate of drug-likeness (QED) is 0.519. The first-order valence-corrected chi connectivity index (χ1v) is 5.23. The third-order valence-corrected chi connectivity index (χ3v) is 3.06.